The predicted octanol–water partition coefficient (Wildman–Crippen LogP) is 14.6. The summed E-state index contributed by atoms with van der Waals surface area (Å²) in [5, 5.41) is 6.86. The van der Waals surface area contributed by atoms with Gasteiger partial charge in [-0.25, -0.2) is 0 Å². The second-order valence-corrected chi connectivity index (χ2v) is 18.4. The first-order valence-corrected chi connectivity index (χ1v) is 23.0. The summed E-state index contributed by atoms with van der Waals surface area (Å²) < 4.78 is 5.58. The van der Waals surface area contributed by atoms with Crippen molar-refractivity contribution in [2.45, 2.75) is 146 Å². The molecule has 5 heterocycles. The van der Waals surface area contributed by atoms with E-state index in [1.54, 1.807) is 0 Å². The van der Waals surface area contributed by atoms with Crippen molar-refractivity contribution >= 4 is 28.1 Å². The van der Waals surface area contributed by atoms with Gasteiger partial charge in [-0.1, -0.05) is 112 Å². The number of anilines is 3. The molecule has 0 fully saturated rings. The average Bonchev–Trinajstić information content (AvgIpc) is 3.73. The Morgan fingerprint density at radius 3 is 1.73 bits per heavy atom. The maximum Gasteiger partial charge on any atom is 0.142 e. The Morgan fingerprint density at radius 2 is 1.11 bits per heavy atom. The Hall–Kier alpha value is -5.30. The Bertz CT molecular complexity index is 2260. The number of nitrogens with one attached hydrogen (secondary N) is 3. The Labute approximate surface area is 375 Å². The highest BCUT2D eigenvalue weighted by Gasteiger charge is 2.17. The van der Waals surface area contributed by atoms with E-state index in [1.807, 2.05) is 36.8 Å². The minimum Gasteiger partial charge on any atom is -0.490 e. The largest absolute Gasteiger partial charge is 0.490 e. The van der Waals surface area contributed by atoms with E-state index in [0.29, 0.717) is 29.6 Å². The van der Waals surface area contributed by atoms with Crippen molar-refractivity contribution in [3.05, 3.63) is 141 Å². The number of aromatic amines is 1. The van der Waals surface area contributed by atoms with Crippen LogP contribution in [-0.2, 0) is 6.42 Å². The van der Waals surface area contributed by atoms with E-state index in [4.69, 9.17) is 10.5 Å². The van der Waals surface area contributed by atoms with Crippen LogP contribution in [0.25, 0.3) is 11.0 Å². The van der Waals surface area contributed by atoms with E-state index >= 15 is 0 Å². The zero-order valence-electron chi connectivity index (χ0n) is 40.8. The molecule has 3 aromatic carbocycles. The number of benzene rings is 3. The molecule has 0 bridgehead atoms. The number of hydrogen-bond acceptors (Lipinski definition) is 6. The molecule has 2 aliphatic heterocycles. The number of nitrogen functional groups attached to an aromatic ring is 1. The fourth-order valence-corrected chi connectivity index (χ4v) is 8.41. The van der Waals surface area contributed by atoms with Crippen LogP contribution in [0.3, 0.4) is 0 Å². The Kier molecular flexibility index (Phi) is 18.5. The van der Waals surface area contributed by atoms with E-state index in [0.717, 1.165) is 43.1 Å². The van der Waals surface area contributed by atoms with Crippen molar-refractivity contribution in [3.8, 4) is 5.75 Å². The van der Waals surface area contributed by atoms with E-state index in [1.165, 1.54) is 84.6 Å². The lowest BCUT2D eigenvalue weighted by atomic mass is 9.96. The molecule has 6 aromatic rings. The van der Waals surface area contributed by atoms with Crippen molar-refractivity contribution < 1.29 is 4.74 Å². The molecular formula is C55H78N6O. The van der Waals surface area contributed by atoms with Crippen molar-refractivity contribution in [2.75, 3.05) is 36.1 Å². The maximum atomic E-state index is 5.76. The van der Waals surface area contributed by atoms with Crippen LogP contribution in [0.1, 0.15) is 167 Å². The summed E-state index contributed by atoms with van der Waals surface area (Å²) in [4.78, 5) is 12.2. The lowest BCUT2D eigenvalue weighted by Gasteiger charge is -2.23. The van der Waals surface area contributed by atoms with Gasteiger partial charge in [-0.05, 0) is 151 Å². The highest BCUT2D eigenvalue weighted by Crippen LogP contribution is 2.35. The third kappa shape index (κ3) is 12.9. The maximum absolute atomic E-state index is 5.76. The minimum absolute atomic E-state index is 0.542. The van der Waals surface area contributed by atoms with E-state index in [9.17, 15) is 0 Å². The number of hydrogen-bond donors (Lipinski definition) is 4. The molecule has 0 amide bonds. The molecule has 8 rings (SSSR count). The van der Waals surface area contributed by atoms with Crippen LogP contribution in [0.2, 0.25) is 0 Å². The summed E-state index contributed by atoms with van der Waals surface area (Å²) in [7, 11) is 0. The first-order chi connectivity index (χ1) is 29.4. The monoisotopic (exact) mass is 839 g/mol. The van der Waals surface area contributed by atoms with Crippen LogP contribution >= 0.6 is 0 Å². The molecule has 3 aromatic heterocycles. The predicted molar refractivity (Wildman–Crippen MR) is 269 cm³/mol. The lowest BCUT2D eigenvalue weighted by Crippen LogP contribution is -2.19. The van der Waals surface area contributed by atoms with Gasteiger partial charge in [-0.15, -0.1) is 0 Å². The van der Waals surface area contributed by atoms with Crippen LogP contribution in [0, 0.1) is 34.6 Å². The number of pyridine rings is 2. The van der Waals surface area contributed by atoms with Gasteiger partial charge in [0.05, 0.1) is 28.1 Å². The van der Waals surface area contributed by atoms with Crippen LogP contribution in [0.15, 0.2) is 79.3 Å². The standard InChI is InChI=1S/C12H18N2.C12H17NO.C11H14N2.C10H15N.C10H14/c1-8(2)10-7-14-11-5-4-6-13-12(11)9(10)3;1-8(2)10-4-5-11-12(9(10)3)13-6-7-14-11;1-7(2)9-6-13-10-4-5-12-11(10)8(9)3;1-7(2)9-5-4-6-10(11)8(9)3;1-8(2)10-7-5-4-6-9(10)3/h7-8,13H,4-6H2,1-3H3;4-5,8,13H,6-7H2,1-3H3;4-7,12H,1-3H3;4-7H,11H2,1-3H3;4-8H,1-3H3. The second-order valence-electron chi connectivity index (χ2n) is 18.4. The van der Waals surface area contributed by atoms with E-state index < -0.39 is 0 Å². The summed E-state index contributed by atoms with van der Waals surface area (Å²) in [5.41, 5.74) is 26.2. The van der Waals surface area contributed by atoms with Crippen molar-refractivity contribution in [1.29, 1.82) is 0 Å². The third-order valence-electron chi connectivity index (χ3n) is 12.1. The number of nitrogens with two attached hydrogens (primary N) is 1. The van der Waals surface area contributed by atoms with E-state index in [-0.39, 0.29) is 0 Å². The normalized spacial score (nSPS) is 12.6. The molecule has 5 N–H and O–H groups in total. The smallest absolute Gasteiger partial charge is 0.142 e. The second kappa shape index (κ2) is 23.2. The topological polar surface area (TPSA) is 101 Å². The fourth-order valence-electron chi connectivity index (χ4n) is 8.41. The number of aromatic nitrogens is 3. The summed E-state index contributed by atoms with van der Waals surface area (Å²) in [6, 6.07) is 20.9. The van der Waals surface area contributed by atoms with Gasteiger partial charge >= 0.3 is 0 Å². The van der Waals surface area contributed by atoms with Crippen LogP contribution < -0.4 is 21.1 Å². The number of fused-ring (bicyclic) bond motifs is 3. The lowest BCUT2D eigenvalue weighted by molar-refractivity contribution is 0.323. The van der Waals surface area contributed by atoms with Gasteiger partial charge in [-0.3, -0.25) is 9.97 Å². The van der Waals surface area contributed by atoms with Gasteiger partial charge in [0.2, 0.25) is 0 Å². The molecular weight excluding hydrogens is 761 g/mol. The first kappa shape index (κ1) is 49.4. The van der Waals surface area contributed by atoms with Crippen LogP contribution in [-0.4, -0.2) is 34.6 Å². The highest BCUT2D eigenvalue weighted by molar-refractivity contribution is 5.79. The number of aryl methyl sites for hydroxylation is 3. The molecule has 0 radical (unpaired) electrons. The summed E-state index contributed by atoms with van der Waals surface area (Å²) in [6.07, 6.45) is 8.30. The molecule has 0 unspecified atom stereocenters. The molecule has 0 saturated heterocycles. The molecule has 0 atom stereocenters. The quantitative estimate of drug-likeness (QED) is 0.129. The van der Waals surface area contributed by atoms with Crippen molar-refractivity contribution in [1.82, 2.24) is 15.0 Å². The Balaban J connectivity index is 0.000000171. The van der Waals surface area contributed by atoms with Gasteiger partial charge in [0.25, 0.3) is 0 Å². The molecule has 0 spiro atoms. The van der Waals surface area contributed by atoms with Crippen molar-refractivity contribution in [2.24, 2.45) is 0 Å². The van der Waals surface area contributed by atoms with Gasteiger partial charge in [-0.2, -0.15) is 0 Å². The number of nitrogens with zero attached hydrogens (tertiary/aromatic N) is 2. The SMILES string of the molecule is Cc1c(C(C)C)ccc2c1NCCO2.Cc1c(C(C)C)cnc2c1NCCC2.Cc1c(C(C)C)cnc2cc[nH]c12.Cc1c(N)cccc1C(C)C.Cc1ccccc1C(C)C. The summed E-state index contributed by atoms with van der Waals surface area (Å²) in [6.45, 7) is 35.6. The van der Waals surface area contributed by atoms with Gasteiger partial charge in [0, 0.05) is 37.4 Å². The minimum atomic E-state index is 0.542. The number of H-pyrrole nitrogens is 1. The molecule has 334 valence electrons. The number of ether oxygens (including phenoxy) is 1. The Morgan fingerprint density at radius 1 is 0.548 bits per heavy atom. The molecule has 0 aliphatic carbocycles. The molecule has 2 aliphatic rings. The van der Waals surface area contributed by atoms with Gasteiger partial charge in [0.15, 0.2) is 0 Å². The van der Waals surface area contributed by atoms with Gasteiger partial charge in [0.1, 0.15) is 12.4 Å². The van der Waals surface area contributed by atoms with Gasteiger partial charge < -0.3 is 26.1 Å². The average molecular weight is 839 g/mol. The van der Waals surface area contributed by atoms with Crippen molar-refractivity contribution in [3.63, 3.8) is 0 Å². The molecule has 62 heavy (non-hydrogen) atoms. The zero-order chi connectivity index (χ0) is 45.7. The summed E-state index contributed by atoms with van der Waals surface area (Å²) >= 11 is 0. The number of rotatable bonds is 5. The highest BCUT2D eigenvalue weighted by atomic mass is 16.5. The van der Waals surface area contributed by atoms with E-state index in [2.05, 4.69) is 172 Å². The molecule has 0 saturated carbocycles. The van der Waals surface area contributed by atoms with Crippen LogP contribution in [0.4, 0.5) is 17.1 Å². The first-order valence-electron chi connectivity index (χ1n) is 23.0. The molecule has 7 nitrogen and oxygen atoms in total. The molecule has 7 heteroatoms. The van der Waals surface area contributed by atoms with Crippen LogP contribution in [0.5, 0.6) is 5.75 Å². The summed E-state index contributed by atoms with van der Waals surface area (Å²) in [5.74, 6) is 3.90. The fraction of sp³-hybridized carbons (Fsp3) is 0.455. The zero-order valence-corrected chi connectivity index (χ0v) is 40.8. The third-order valence-corrected chi connectivity index (χ3v) is 12.1.